The highest BCUT2D eigenvalue weighted by Crippen LogP contribution is 2.32. The predicted octanol–water partition coefficient (Wildman–Crippen LogP) is 2.69. The van der Waals surface area contributed by atoms with Gasteiger partial charge in [0.2, 0.25) is 5.91 Å². The van der Waals surface area contributed by atoms with Gasteiger partial charge in [-0.2, -0.15) is 0 Å². The van der Waals surface area contributed by atoms with Crippen molar-refractivity contribution >= 4 is 23.3 Å². The van der Waals surface area contributed by atoms with E-state index in [4.69, 9.17) is 14.2 Å². The van der Waals surface area contributed by atoms with Crippen molar-refractivity contribution in [3.8, 4) is 11.5 Å². The van der Waals surface area contributed by atoms with Crippen LogP contribution in [-0.2, 0) is 9.53 Å². The molecule has 1 amide bonds. The number of nitrogens with one attached hydrogen (secondary N) is 2. The highest BCUT2D eigenvalue weighted by atomic mass is 16.6. The molecule has 0 saturated carbocycles. The van der Waals surface area contributed by atoms with Crippen LogP contribution in [0.25, 0.3) is 0 Å². The Hall–Kier alpha value is -3.22. The molecular formula is C19H20N2O5. The molecule has 3 rings (SSSR count). The van der Waals surface area contributed by atoms with E-state index in [1.54, 1.807) is 43.3 Å². The Morgan fingerprint density at radius 2 is 1.85 bits per heavy atom. The molecule has 2 aromatic carbocycles. The van der Waals surface area contributed by atoms with E-state index < -0.39 is 5.97 Å². The molecule has 1 aliphatic heterocycles. The average molecular weight is 356 g/mol. The lowest BCUT2D eigenvalue weighted by atomic mass is 10.2. The van der Waals surface area contributed by atoms with Gasteiger partial charge in [-0.25, -0.2) is 4.79 Å². The van der Waals surface area contributed by atoms with Crippen molar-refractivity contribution in [3.63, 3.8) is 0 Å². The normalized spacial score (nSPS) is 12.2. The van der Waals surface area contributed by atoms with Gasteiger partial charge in [0, 0.05) is 11.8 Å². The maximum absolute atomic E-state index is 12.2. The summed E-state index contributed by atoms with van der Waals surface area (Å²) in [5, 5.41) is 5.75. The number of fused-ring (bicyclic) bond motifs is 1. The van der Waals surface area contributed by atoms with Gasteiger partial charge >= 0.3 is 5.97 Å². The molecule has 7 heteroatoms. The van der Waals surface area contributed by atoms with Gasteiger partial charge in [-0.1, -0.05) is 12.1 Å². The van der Waals surface area contributed by atoms with Crippen molar-refractivity contribution in [2.24, 2.45) is 0 Å². The van der Waals surface area contributed by atoms with Crippen LogP contribution in [0.1, 0.15) is 17.3 Å². The van der Waals surface area contributed by atoms with Gasteiger partial charge in [0.05, 0.1) is 24.4 Å². The number of hydrogen-bond donors (Lipinski definition) is 2. The quantitative estimate of drug-likeness (QED) is 0.774. The number of amides is 1. The predicted molar refractivity (Wildman–Crippen MR) is 96.9 cm³/mol. The van der Waals surface area contributed by atoms with Crippen molar-refractivity contribution < 1.29 is 23.8 Å². The summed E-state index contributed by atoms with van der Waals surface area (Å²) >= 11 is 0. The van der Waals surface area contributed by atoms with Gasteiger partial charge in [-0.05, 0) is 31.2 Å². The zero-order valence-electron chi connectivity index (χ0n) is 14.4. The van der Waals surface area contributed by atoms with E-state index in [2.05, 4.69) is 10.6 Å². The van der Waals surface area contributed by atoms with Crippen molar-refractivity contribution in [2.45, 2.75) is 6.92 Å². The van der Waals surface area contributed by atoms with Crippen molar-refractivity contribution in [1.82, 2.24) is 0 Å². The average Bonchev–Trinajstić information content (AvgIpc) is 2.67. The lowest BCUT2D eigenvalue weighted by molar-refractivity contribution is -0.114. The first-order chi connectivity index (χ1) is 12.7. The summed E-state index contributed by atoms with van der Waals surface area (Å²) in [5.41, 5.74) is 1.48. The van der Waals surface area contributed by atoms with Crippen molar-refractivity contribution in [3.05, 3.63) is 48.0 Å². The van der Waals surface area contributed by atoms with Gasteiger partial charge < -0.3 is 24.8 Å². The van der Waals surface area contributed by atoms with Gasteiger partial charge in [0.25, 0.3) is 0 Å². The Morgan fingerprint density at radius 3 is 2.65 bits per heavy atom. The Bertz CT molecular complexity index is 806. The SMILES string of the molecule is CCOC(=O)c1ccccc1NC(=O)CNc1ccc2c(c1)OCCO2. The van der Waals surface area contributed by atoms with E-state index in [-0.39, 0.29) is 19.1 Å². The van der Waals surface area contributed by atoms with Gasteiger partial charge in [0.1, 0.15) is 13.2 Å². The third kappa shape index (κ3) is 4.24. The van der Waals surface area contributed by atoms with Crippen LogP contribution in [0.15, 0.2) is 42.5 Å². The van der Waals surface area contributed by atoms with E-state index >= 15 is 0 Å². The minimum atomic E-state index is -0.469. The fraction of sp³-hybridized carbons (Fsp3) is 0.263. The van der Waals surface area contributed by atoms with Crippen LogP contribution in [0.4, 0.5) is 11.4 Å². The first-order valence-corrected chi connectivity index (χ1v) is 8.37. The molecule has 136 valence electrons. The third-order valence-corrected chi connectivity index (χ3v) is 3.69. The Balaban J connectivity index is 1.60. The largest absolute Gasteiger partial charge is 0.486 e. The molecular weight excluding hydrogens is 336 g/mol. The second-order valence-electron chi connectivity index (χ2n) is 5.53. The zero-order chi connectivity index (χ0) is 18.4. The summed E-state index contributed by atoms with van der Waals surface area (Å²) in [5.74, 6) is 0.587. The molecule has 0 bridgehead atoms. The second-order valence-corrected chi connectivity index (χ2v) is 5.53. The highest BCUT2D eigenvalue weighted by molar-refractivity contribution is 6.02. The van der Waals surface area contributed by atoms with E-state index in [0.717, 1.165) is 5.69 Å². The van der Waals surface area contributed by atoms with Crippen molar-refractivity contribution in [2.75, 3.05) is 37.0 Å². The smallest absolute Gasteiger partial charge is 0.340 e. The van der Waals surface area contributed by atoms with Crippen LogP contribution in [0.5, 0.6) is 11.5 Å². The molecule has 26 heavy (non-hydrogen) atoms. The zero-order valence-corrected chi connectivity index (χ0v) is 14.4. The number of carbonyl (C=O) groups is 2. The molecule has 2 N–H and O–H groups in total. The molecule has 7 nitrogen and oxygen atoms in total. The van der Waals surface area contributed by atoms with Crippen LogP contribution in [-0.4, -0.2) is 38.2 Å². The summed E-state index contributed by atoms with van der Waals surface area (Å²) in [6.45, 7) is 3.07. The Labute approximate surface area is 151 Å². The number of hydrogen-bond acceptors (Lipinski definition) is 6. The van der Waals surface area contributed by atoms with E-state index in [1.165, 1.54) is 0 Å². The maximum Gasteiger partial charge on any atom is 0.340 e. The number of ether oxygens (including phenoxy) is 3. The maximum atomic E-state index is 12.2. The first kappa shape index (κ1) is 17.6. The third-order valence-electron chi connectivity index (χ3n) is 3.69. The van der Waals surface area contributed by atoms with Gasteiger partial charge in [0.15, 0.2) is 11.5 Å². The number of para-hydroxylation sites is 1. The molecule has 0 saturated heterocycles. The second kappa shape index (κ2) is 8.24. The number of anilines is 2. The minimum absolute atomic E-state index is 0.0385. The highest BCUT2D eigenvalue weighted by Gasteiger charge is 2.15. The molecule has 0 aromatic heterocycles. The van der Waals surface area contributed by atoms with Crippen LogP contribution in [0, 0.1) is 0 Å². The van der Waals surface area contributed by atoms with Gasteiger partial charge in [-0.3, -0.25) is 4.79 Å². The molecule has 0 spiro atoms. The lowest BCUT2D eigenvalue weighted by Crippen LogP contribution is -2.23. The summed E-state index contributed by atoms with van der Waals surface area (Å²) in [6, 6.07) is 12.1. The fourth-order valence-electron chi connectivity index (χ4n) is 2.51. The standard InChI is InChI=1S/C19H20N2O5/c1-2-24-19(23)14-5-3-4-6-15(14)21-18(22)12-20-13-7-8-16-17(11-13)26-10-9-25-16/h3-8,11,20H,2,9-10,12H2,1H3,(H,21,22). The molecule has 0 atom stereocenters. The monoisotopic (exact) mass is 356 g/mol. The van der Waals surface area contributed by atoms with Crippen molar-refractivity contribution in [1.29, 1.82) is 0 Å². The van der Waals surface area contributed by atoms with Crippen LogP contribution < -0.4 is 20.1 Å². The first-order valence-electron chi connectivity index (χ1n) is 8.37. The van der Waals surface area contributed by atoms with Crippen LogP contribution >= 0.6 is 0 Å². The number of carbonyl (C=O) groups excluding carboxylic acids is 2. The minimum Gasteiger partial charge on any atom is -0.486 e. The summed E-state index contributed by atoms with van der Waals surface area (Å²) < 4.78 is 16.0. The molecule has 0 unspecified atom stereocenters. The lowest BCUT2D eigenvalue weighted by Gasteiger charge is -2.19. The summed E-state index contributed by atoms with van der Waals surface area (Å²) in [6.07, 6.45) is 0. The fourth-order valence-corrected chi connectivity index (χ4v) is 2.51. The topological polar surface area (TPSA) is 85.9 Å². The molecule has 0 fully saturated rings. The molecule has 1 heterocycles. The molecule has 2 aromatic rings. The molecule has 1 aliphatic rings. The summed E-state index contributed by atoms with van der Waals surface area (Å²) in [7, 11) is 0. The van der Waals surface area contributed by atoms with E-state index in [0.29, 0.717) is 36.0 Å². The number of rotatable bonds is 6. The van der Waals surface area contributed by atoms with Gasteiger partial charge in [-0.15, -0.1) is 0 Å². The number of benzene rings is 2. The molecule has 0 radical (unpaired) electrons. The Kier molecular flexibility index (Phi) is 5.58. The van der Waals surface area contributed by atoms with Crippen LogP contribution in [0.3, 0.4) is 0 Å². The Morgan fingerprint density at radius 1 is 1.08 bits per heavy atom. The summed E-state index contributed by atoms with van der Waals surface area (Å²) in [4.78, 5) is 24.2. The van der Waals surface area contributed by atoms with E-state index in [1.807, 2.05) is 6.07 Å². The molecule has 0 aliphatic carbocycles. The van der Waals surface area contributed by atoms with E-state index in [9.17, 15) is 9.59 Å². The number of esters is 1. The van der Waals surface area contributed by atoms with Crippen LogP contribution in [0.2, 0.25) is 0 Å².